The Morgan fingerprint density at radius 2 is 2.18 bits per heavy atom. The fraction of sp³-hybridized carbons (Fsp3) is 0.611. The molecule has 0 bridgehead atoms. The van der Waals surface area contributed by atoms with Crippen LogP contribution in [0.5, 0.6) is 5.75 Å². The molecule has 1 aliphatic rings. The minimum absolute atomic E-state index is 0.0323. The molecular weight excluding hydrogens is 278 g/mol. The highest BCUT2D eigenvalue weighted by atomic mass is 16.5. The normalized spacial score (nSPS) is 21.4. The number of piperidine rings is 1. The number of benzene rings is 1. The Balaban J connectivity index is 1.79. The van der Waals surface area contributed by atoms with E-state index < -0.39 is 0 Å². The molecule has 4 nitrogen and oxygen atoms in total. The van der Waals surface area contributed by atoms with Gasteiger partial charge >= 0.3 is 5.97 Å². The number of ether oxygens (including phenoxy) is 2. The average molecular weight is 306 g/mol. The van der Waals surface area contributed by atoms with Crippen LogP contribution in [0.15, 0.2) is 18.2 Å². The Kier molecular flexibility index (Phi) is 6.25. The van der Waals surface area contributed by atoms with E-state index in [1.54, 1.807) is 0 Å². The summed E-state index contributed by atoms with van der Waals surface area (Å²) in [6.45, 7) is 10.1. The molecule has 0 saturated carbocycles. The smallest absolute Gasteiger partial charge is 0.314 e. The summed E-state index contributed by atoms with van der Waals surface area (Å²) in [5, 5.41) is 0. The summed E-state index contributed by atoms with van der Waals surface area (Å²) in [6, 6.07) is 6.15. The van der Waals surface area contributed by atoms with Crippen LogP contribution in [0, 0.1) is 19.8 Å². The van der Waals surface area contributed by atoms with Crippen molar-refractivity contribution in [2.24, 2.45) is 5.92 Å². The Morgan fingerprint density at radius 3 is 2.95 bits per heavy atom. The lowest BCUT2D eigenvalue weighted by Gasteiger charge is -2.28. The van der Waals surface area contributed by atoms with E-state index in [2.05, 4.69) is 19.9 Å². The molecule has 1 N–H and O–H groups in total. The van der Waals surface area contributed by atoms with Crippen LogP contribution in [-0.4, -0.2) is 38.8 Å². The van der Waals surface area contributed by atoms with Crippen LogP contribution in [-0.2, 0) is 9.53 Å². The lowest BCUT2D eigenvalue weighted by molar-refractivity contribution is -0.907. The van der Waals surface area contributed by atoms with Crippen LogP contribution in [0.4, 0.5) is 0 Å². The highest BCUT2D eigenvalue weighted by molar-refractivity contribution is 5.72. The first kappa shape index (κ1) is 16.8. The van der Waals surface area contributed by atoms with E-state index in [-0.39, 0.29) is 11.9 Å². The second-order valence-corrected chi connectivity index (χ2v) is 6.09. The summed E-state index contributed by atoms with van der Waals surface area (Å²) in [6.07, 6.45) is 2.04. The minimum atomic E-state index is -0.0323. The third-order valence-corrected chi connectivity index (χ3v) is 4.51. The first-order valence-electron chi connectivity index (χ1n) is 8.31. The van der Waals surface area contributed by atoms with Crippen molar-refractivity contribution in [1.29, 1.82) is 0 Å². The Bertz CT molecular complexity index is 501. The topological polar surface area (TPSA) is 40.0 Å². The van der Waals surface area contributed by atoms with Gasteiger partial charge in [0.25, 0.3) is 0 Å². The van der Waals surface area contributed by atoms with E-state index in [0.29, 0.717) is 13.2 Å². The number of carbonyl (C=O) groups excluding carboxylic acids is 1. The molecule has 122 valence electrons. The summed E-state index contributed by atoms with van der Waals surface area (Å²) in [7, 11) is 0. The van der Waals surface area contributed by atoms with Crippen molar-refractivity contribution in [2.75, 3.05) is 32.8 Å². The molecule has 1 heterocycles. The zero-order valence-corrected chi connectivity index (χ0v) is 14.0. The van der Waals surface area contributed by atoms with Crippen molar-refractivity contribution < 1.29 is 19.2 Å². The van der Waals surface area contributed by atoms with Gasteiger partial charge in [-0.15, -0.1) is 0 Å². The third kappa shape index (κ3) is 4.47. The van der Waals surface area contributed by atoms with Crippen LogP contribution in [0.3, 0.4) is 0 Å². The number of hydrogen-bond donors (Lipinski definition) is 1. The predicted molar refractivity (Wildman–Crippen MR) is 86.3 cm³/mol. The van der Waals surface area contributed by atoms with E-state index >= 15 is 0 Å². The van der Waals surface area contributed by atoms with Crippen LogP contribution < -0.4 is 9.64 Å². The molecule has 2 atom stereocenters. The monoisotopic (exact) mass is 306 g/mol. The average Bonchev–Trinajstić information content (AvgIpc) is 2.52. The molecule has 2 rings (SSSR count). The molecule has 1 aromatic rings. The van der Waals surface area contributed by atoms with Gasteiger partial charge in [0.05, 0.1) is 19.7 Å². The van der Waals surface area contributed by atoms with Crippen LogP contribution >= 0.6 is 0 Å². The molecule has 22 heavy (non-hydrogen) atoms. The number of esters is 1. The first-order valence-corrected chi connectivity index (χ1v) is 8.31. The maximum atomic E-state index is 11.9. The van der Waals surface area contributed by atoms with Crippen molar-refractivity contribution in [3.05, 3.63) is 29.3 Å². The quantitative estimate of drug-likeness (QED) is 0.811. The SMILES string of the molecule is CCOC(=O)[C@H]1CCC[NH+](CCOc2cccc(C)c2C)C1. The van der Waals surface area contributed by atoms with Gasteiger partial charge in [0.2, 0.25) is 0 Å². The van der Waals surface area contributed by atoms with E-state index in [4.69, 9.17) is 9.47 Å². The van der Waals surface area contributed by atoms with Gasteiger partial charge in [0.1, 0.15) is 24.8 Å². The molecule has 0 aliphatic carbocycles. The number of nitrogens with one attached hydrogen (secondary N) is 1. The standard InChI is InChI=1S/C18H27NO3/c1-4-21-18(20)16-8-6-10-19(13-16)11-12-22-17-9-5-7-14(2)15(17)3/h5,7,9,16H,4,6,8,10-13H2,1-3H3/p+1/t16-/m0/s1. The van der Waals surface area contributed by atoms with Gasteiger partial charge in [-0.05, 0) is 50.8 Å². The van der Waals surface area contributed by atoms with Gasteiger partial charge in [-0.1, -0.05) is 12.1 Å². The van der Waals surface area contributed by atoms with Gasteiger partial charge < -0.3 is 14.4 Å². The molecule has 0 radical (unpaired) electrons. The molecule has 1 aliphatic heterocycles. The second-order valence-electron chi connectivity index (χ2n) is 6.09. The fourth-order valence-corrected chi connectivity index (χ4v) is 3.03. The first-order chi connectivity index (χ1) is 10.6. The Hall–Kier alpha value is -1.55. The molecule has 0 aromatic heterocycles. The highest BCUT2D eigenvalue weighted by Gasteiger charge is 2.29. The molecule has 1 fully saturated rings. The van der Waals surface area contributed by atoms with E-state index in [9.17, 15) is 4.79 Å². The summed E-state index contributed by atoms with van der Waals surface area (Å²) in [5.74, 6) is 0.998. The van der Waals surface area contributed by atoms with Gasteiger partial charge in [-0.2, -0.15) is 0 Å². The summed E-state index contributed by atoms with van der Waals surface area (Å²) >= 11 is 0. The van der Waals surface area contributed by atoms with Crippen molar-refractivity contribution in [1.82, 2.24) is 0 Å². The number of likely N-dealkylation sites (tertiary alicyclic amines) is 1. The molecule has 0 amide bonds. The van der Waals surface area contributed by atoms with E-state index in [1.807, 2.05) is 19.1 Å². The molecule has 4 heteroatoms. The van der Waals surface area contributed by atoms with Gasteiger partial charge in [-0.3, -0.25) is 4.79 Å². The second kappa shape index (κ2) is 8.18. The maximum absolute atomic E-state index is 11.9. The fourth-order valence-electron chi connectivity index (χ4n) is 3.03. The third-order valence-electron chi connectivity index (χ3n) is 4.51. The number of hydrogen-bond acceptors (Lipinski definition) is 3. The minimum Gasteiger partial charge on any atom is -0.487 e. The lowest BCUT2D eigenvalue weighted by Crippen LogP contribution is -3.14. The van der Waals surface area contributed by atoms with Crippen molar-refractivity contribution in [3.63, 3.8) is 0 Å². The molecule has 1 aromatic carbocycles. The zero-order chi connectivity index (χ0) is 15.9. The van der Waals surface area contributed by atoms with Crippen molar-refractivity contribution in [2.45, 2.75) is 33.6 Å². The number of quaternary nitrogens is 1. The predicted octanol–water partition coefficient (Wildman–Crippen LogP) is 1.54. The number of carbonyl (C=O) groups is 1. The van der Waals surface area contributed by atoms with Gasteiger partial charge in [0.15, 0.2) is 0 Å². The molecule has 1 saturated heterocycles. The Labute approximate surface area is 133 Å². The molecule has 1 unspecified atom stereocenters. The van der Waals surface area contributed by atoms with Gasteiger partial charge in [-0.25, -0.2) is 0 Å². The number of aryl methyl sites for hydroxylation is 1. The number of rotatable bonds is 6. The van der Waals surface area contributed by atoms with Crippen LogP contribution in [0.25, 0.3) is 0 Å². The van der Waals surface area contributed by atoms with E-state index in [1.165, 1.54) is 16.0 Å². The largest absolute Gasteiger partial charge is 0.487 e. The summed E-state index contributed by atoms with van der Waals surface area (Å²) in [4.78, 5) is 13.3. The van der Waals surface area contributed by atoms with Crippen LogP contribution in [0.1, 0.15) is 30.9 Å². The maximum Gasteiger partial charge on any atom is 0.314 e. The molecular formula is C18H28NO3+. The van der Waals surface area contributed by atoms with Crippen molar-refractivity contribution in [3.8, 4) is 5.75 Å². The lowest BCUT2D eigenvalue weighted by atomic mass is 9.98. The summed E-state index contributed by atoms with van der Waals surface area (Å²) in [5.41, 5.74) is 2.46. The Morgan fingerprint density at radius 1 is 1.36 bits per heavy atom. The highest BCUT2D eigenvalue weighted by Crippen LogP contribution is 2.20. The van der Waals surface area contributed by atoms with Crippen molar-refractivity contribution >= 4 is 5.97 Å². The zero-order valence-electron chi connectivity index (χ0n) is 14.0. The summed E-state index contributed by atoms with van der Waals surface area (Å²) < 4.78 is 11.1. The van der Waals surface area contributed by atoms with E-state index in [0.717, 1.165) is 38.2 Å². The molecule has 0 spiro atoms. The van der Waals surface area contributed by atoms with Gasteiger partial charge in [0, 0.05) is 0 Å². The van der Waals surface area contributed by atoms with Crippen LogP contribution in [0.2, 0.25) is 0 Å².